The van der Waals surface area contributed by atoms with Crippen molar-refractivity contribution >= 4 is 5.97 Å². The van der Waals surface area contributed by atoms with E-state index in [-0.39, 0.29) is 42.5 Å². The Labute approximate surface area is 332 Å². The van der Waals surface area contributed by atoms with Crippen molar-refractivity contribution in [2.45, 2.75) is 203 Å². The lowest BCUT2D eigenvalue weighted by atomic mass is 9.83. The van der Waals surface area contributed by atoms with Crippen LogP contribution in [0.1, 0.15) is 112 Å². The summed E-state index contributed by atoms with van der Waals surface area (Å²) >= 11 is 0. The zero-order valence-corrected chi connectivity index (χ0v) is 34.5. The van der Waals surface area contributed by atoms with Gasteiger partial charge in [0, 0.05) is 78.1 Å². The first kappa shape index (κ1) is 47.6. The molecule has 6 aliphatic heterocycles. The Morgan fingerprint density at radius 3 is 2.20 bits per heavy atom. The number of rotatable bonds is 11. The summed E-state index contributed by atoms with van der Waals surface area (Å²) in [5, 5.41) is 60.1. The summed E-state index contributed by atoms with van der Waals surface area (Å²) in [5.74, 6) is -1.94. The lowest BCUT2D eigenvalue weighted by Crippen LogP contribution is -2.57. The van der Waals surface area contributed by atoms with E-state index in [1.807, 2.05) is 13.8 Å². The van der Waals surface area contributed by atoms with Gasteiger partial charge in [0.25, 0.3) is 5.97 Å². The van der Waals surface area contributed by atoms with Crippen LogP contribution in [0, 0.1) is 17.8 Å². The number of carboxylic acids is 1. The van der Waals surface area contributed by atoms with Gasteiger partial charge in [-0.05, 0) is 38.0 Å². The Morgan fingerprint density at radius 2 is 1.57 bits per heavy atom. The molecule has 6 aliphatic rings. The lowest BCUT2D eigenvalue weighted by molar-refractivity contribution is -0.359. The van der Waals surface area contributed by atoms with Crippen LogP contribution >= 0.6 is 0 Å². The van der Waals surface area contributed by atoms with Crippen LogP contribution in [0.5, 0.6) is 0 Å². The number of unbranched alkanes of at least 4 members (excludes halogenated alkanes) is 1. The van der Waals surface area contributed by atoms with E-state index in [2.05, 4.69) is 13.8 Å². The van der Waals surface area contributed by atoms with Crippen molar-refractivity contribution < 1.29 is 78.1 Å². The standard InChI is InChI=1S/C32H56O12.C6H12O2.C2H4O2/c1-6-7-10-32(15-19(33)12-23(43-32)18(4)28-24(38-5)14-21(35)31(37)42-28)44-26-9-8-22(39-26)29-20(34)13-25(40-29)27-16(2)11-17(3)30(36)41-27;1-7-6-3-2-4-8-5-6;1-2(3)4/h16-31,33-37H,6-15H2,1-5H3;6H,2-5H2,1H3;1H3,(H,3,4). The summed E-state index contributed by atoms with van der Waals surface area (Å²) < 4.78 is 53.6. The fourth-order valence-corrected chi connectivity index (χ4v) is 8.96. The number of aliphatic carboxylic acids is 1. The van der Waals surface area contributed by atoms with Crippen LogP contribution in [0.25, 0.3) is 0 Å². The molecule has 0 amide bonds. The average Bonchev–Trinajstić information content (AvgIpc) is 3.78. The highest BCUT2D eigenvalue weighted by molar-refractivity contribution is 5.62. The van der Waals surface area contributed by atoms with E-state index in [1.165, 1.54) is 0 Å². The van der Waals surface area contributed by atoms with Crippen LogP contribution in [0.4, 0.5) is 0 Å². The number of aliphatic hydroxyl groups excluding tert-OH is 5. The largest absolute Gasteiger partial charge is 0.481 e. The lowest BCUT2D eigenvalue weighted by Gasteiger charge is -2.48. The molecule has 16 heteroatoms. The van der Waals surface area contributed by atoms with Crippen LogP contribution in [0.3, 0.4) is 0 Å². The minimum atomic E-state index is -1.32. The van der Waals surface area contributed by atoms with Crippen LogP contribution in [0.2, 0.25) is 0 Å². The maximum absolute atomic E-state index is 11.1. The predicted octanol–water partition coefficient (Wildman–Crippen LogP) is 2.85. The molecule has 56 heavy (non-hydrogen) atoms. The molecule has 328 valence electrons. The number of carbonyl (C=O) groups is 1. The molecule has 16 nitrogen and oxygen atoms in total. The first-order valence-electron chi connectivity index (χ1n) is 20.8. The van der Waals surface area contributed by atoms with E-state index in [9.17, 15) is 25.5 Å². The van der Waals surface area contributed by atoms with Crippen molar-refractivity contribution in [2.75, 3.05) is 27.4 Å². The summed E-state index contributed by atoms with van der Waals surface area (Å²) in [4.78, 5) is 9.00. The van der Waals surface area contributed by atoms with Crippen molar-refractivity contribution in [2.24, 2.45) is 17.8 Å². The van der Waals surface area contributed by atoms with Gasteiger partial charge in [0.2, 0.25) is 0 Å². The van der Waals surface area contributed by atoms with Crippen molar-refractivity contribution in [1.29, 1.82) is 0 Å². The molecule has 0 aromatic heterocycles. The molecular formula is C40H72O16. The van der Waals surface area contributed by atoms with E-state index in [4.69, 9.17) is 52.5 Å². The Hall–Kier alpha value is -1.09. The summed E-state index contributed by atoms with van der Waals surface area (Å²) in [6.07, 6.45) is 0.203. The number of hydrogen-bond donors (Lipinski definition) is 6. The number of methoxy groups -OCH3 is 2. The smallest absolute Gasteiger partial charge is 0.300 e. The molecule has 0 aromatic carbocycles. The molecule has 0 bridgehead atoms. The highest BCUT2D eigenvalue weighted by Crippen LogP contribution is 2.44. The maximum Gasteiger partial charge on any atom is 0.300 e. The summed E-state index contributed by atoms with van der Waals surface area (Å²) in [5.41, 5.74) is 0. The quantitative estimate of drug-likeness (QED) is 0.177. The highest BCUT2D eigenvalue weighted by atomic mass is 16.8. The molecular weight excluding hydrogens is 736 g/mol. The van der Waals surface area contributed by atoms with Gasteiger partial charge in [-0.2, -0.15) is 0 Å². The predicted molar refractivity (Wildman–Crippen MR) is 200 cm³/mol. The van der Waals surface area contributed by atoms with E-state index in [0.717, 1.165) is 52.2 Å². The molecule has 6 rings (SSSR count). The Kier molecular flexibility index (Phi) is 19.1. The zero-order chi connectivity index (χ0) is 41.2. The molecule has 6 heterocycles. The van der Waals surface area contributed by atoms with Gasteiger partial charge in [0.05, 0.1) is 61.5 Å². The second kappa shape index (κ2) is 22.5. The molecule has 18 unspecified atom stereocenters. The van der Waals surface area contributed by atoms with Gasteiger partial charge in [-0.25, -0.2) is 0 Å². The summed E-state index contributed by atoms with van der Waals surface area (Å²) in [7, 11) is 3.29. The van der Waals surface area contributed by atoms with Gasteiger partial charge in [0.1, 0.15) is 12.2 Å². The third-order valence-electron chi connectivity index (χ3n) is 12.0. The van der Waals surface area contributed by atoms with E-state index in [0.29, 0.717) is 44.6 Å². The third kappa shape index (κ3) is 13.2. The number of ether oxygens (including phenoxy) is 9. The summed E-state index contributed by atoms with van der Waals surface area (Å²) in [6.45, 7) is 10.9. The monoisotopic (exact) mass is 808 g/mol. The molecule has 6 N–H and O–H groups in total. The van der Waals surface area contributed by atoms with Crippen LogP contribution < -0.4 is 0 Å². The van der Waals surface area contributed by atoms with Gasteiger partial charge >= 0.3 is 0 Å². The van der Waals surface area contributed by atoms with Gasteiger partial charge in [-0.15, -0.1) is 0 Å². The maximum atomic E-state index is 11.1. The van der Waals surface area contributed by atoms with Gasteiger partial charge in [0.15, 0.2) is 24.7 Å². The molecule has 6 saturated heterocycles. The van der Waals surface area contributed by atoms with Crippen LogP contribution in [-0.2, 0) is 47.4 Å². The Bertz CT molecular complexity index is 1140. The van der Waals surface area contributed by atoms with Gasteiger partial charge in [-0.1, -0.05) is 34.1 Å². The van der Waals surface area contributed by atoms with Crippen molar-refractivity contribution in [1.82, 2.24) is 0 Å². The first-order valence-corrected chi connectivity index (χ1v) is 20.8. The van der Waals surface area contributed by atoms with Gasteiger partial charge in [-0.3, -0.25) is 4.79 Å². The topological polar surface area (TPSA) is 222 Å². The minimum Gasteiger partial charge on any atom is -0.481 e. The van der Waals surface area contributed by atoms with Crippen LogP contribution in [0.15, 0.2) is 0 Å². The fraction of sp³-hybridized carbons (Fsp3) is 0.975. The second-order valence-electron chi connectivity index (χ2n) is 16.7. The van der Waals surface area contributed by atoms with Crippen molar-refractivity contribution in [3.8, 4) is 0 Å². The molecule has 0 aromatic rings. The SMILES string of the molecule is CC(=O)O.CCCCC1(OC2CCC(C3OC(C4OC(O)C(C)CC4C)CC3O)O2)CC(O)CC(C(C)C2OC(O)C(O)CC2OC)O1.COC1CCCOC1. The molecule has 0 radical (unpaired) electrons. The summed E-state index contributed by atoms with van der Waals surface area (Å²) in [6, 6.07) is 0. The Morgan fingerprint density at radius 1 is 0.839 bits per heavy atom. The Balaban J connectivity index is 0.000000498. The first-order chi connectivity index (χ1) is 26.6. The normalized spacial score (nSPS) is 44.9. The average molecular weight is 809 g/mol. The molecule has 18 atom stereocenters. The number of carboxylic acid groups (broad SMARTS) is 1. The minimum absolute atomic E-state index is 0.0543. The van der Waals surface area contributed by atoms with E-state index >= 15 is 0 Å². The second-order valence-corrected chi connectivity index (χ2v) is 16.7. The van der Waals surface area contributed by atoms with Crippen LogP contribution in [-0.4, -0.2) is 156 Å². The molecule has 6 fully saturated rings. The molecule has 0 aliphatic carbocycles. The van der Waals surface area contributed by atoms with Crippen molar-refractivity contribution in [3.63, 3.8) is 0 Å². The number of aliphatic hydroxyl groups is 5. The molecule has 0 saturated carbocycles. The molecule has 0 spiro atoms. The highest BCUT2D eigenvalue weighted by Gasteiger charge is 2.52. The van der Waals surface area contributed by atoms with Gasteiger partial charge < -0.3 is 73.3 Å². The third-order valence-corrected chi connectivity index (χ3v) is 12.0. The fourth-order valence-electron chi connectivity index (χ4n) is 8.96. The van der Waals surface area contributed by atoms with E-state index < -0.39 is 73.4 Å². The zero-order valence-electron chi connectivity index (χ0n) is 34.5. The van der Waals surface area contributed by atoms with Crippen molar-refractivity contribution in [3.05, 3.63) is 0 Å². The number of hydrogen-bond acceptors (Lipinski definition) is 15. The van der Waals surface area contributed by atoms with E-state index in [1.54, 1.807) is 14.2 Å².